The first-order chi connectivity index (χ1) is 10.8. The number of nitrogens with zero attached hydrogens (tertiary/aromatic N) is 2. The van der Waals surface area contributed by atoms with Crippen LogP contribution in [0.5, 0.6) is 0 Å². The van der Waals surface area contributed by atoms with Crippen molar-refractivity contribution in [1.82, 2.24) is 4.90 Å². The van der Waals surface area contributed by atoms with Crippen LogP contribution in [-0.2, 0) is 20.9 Å². The van der Waals surface area contributed by atoms with Crippen LogP contribution in [0.1, 0.15) is 25.8 Å². The largest absolute Gasteiger partial charge is 0.456 e. The van der Waals surface area contributed by atoms with Crippen LogP contribution in [-0.4, -0.2) is 27.7 Å². The topological polar surface area (TPSA) is 89.8 Å². The maximum atomic E-state index is 12.3. The van der Waals surface area contributed by atoms with Crippen molar-refractivity contribution < 1.29 is 19.2 Å². The van der Waals surface area contributed by atoms with Crippen LogP contribution in [0, 0.1) is 15.5 Å². The monoisotopic (exact) mass is 316 g/mol. The number of nitro benzene ring substituents is 1. The van der Waals surface area contributed by atoms with Gasteiger partial charge in [-0.05, 0) is 12.1 Å². The zero-order valence-corrected chi connectivity index (χ0v) is 12.8. The molecule has 0 radical (unpaired) electrons. The molecule has 0 bridgehead atoms. The summed E-state index contributed by atoms with van der Waals surface area (Å²) in [7, 11) is 0. The molecule has 1 amide bonds. The summed E-state index contributed by atoms with van der Waals surface area (Å²) in [4.78, 5) is 35.9. The fraction of sp³-hybridized carbons (Fsp3) is 0.375. The summed E-state index contributed by atoms with van der Waals surface area (Å²) in [5.41, 5.74) is 0.171. The highest BCUT2D eigenvalue weighted by molar-refractivity contribution is 5.98. The van der Waals surface area contributed by atoms with E-state index in [4.69, 9.17) is 4.74 Å². The summed E-state index contributed by atoms with van der Waals surface area (Å²) in [5, 5.41) is 11.0. The molecule has 1 aromatic carbocycles. The summed E-state index contributed by atoms with van der Waals surface area (Å²) in [6.45, 7) is 3.71. The van der Waals surface area contributed by atoms with Gasteiger partial charge in [0.1, 0.15) is 12.3 Å². The number of hydrogen-bond acceptors (Lipinski definition) is 5. The van der Waals surface area contributed by atoms with Crippen LogP contribution in [0.15, 0.2) is 36.0 Å². The zero-order chi connectivity index (χ0) is 16.8. The smallest absolute Gasteiger partial charge is 0.355 e. The number of para-hydroxylation sites is 1. The van der Waals surface area contributed by atoms with Gasteiger partial charge in [0.05, 0.1) is 16.5 Å². The maximum Gasteiger partial charge on any atom is 0.355 e. The number of nitro groups is 1. The van der Waals surface area contributed by atoms with Gasteiger partial charge in [0.15, 0.2) is 0 Å². The minimum Gasteiger partial charge on any atom is -0.456 e. The first-order valence-corrected chi connectivity index (χ1v) is 7.25. The number of benzene rings is 1. The number of β-lactam (4-membered cyclic amide) rings is 1. The Hall–Kier alpha value is -2.70. The van der Waals surface area contributed by atoms with Gasteiger partial charge in [0.2, 0.25) is 5.91 Å². The van der Waals surface area contributed by atoms with Crippen LogP contribution in [0.25, 0.3) is 0 Å². The number of rotatable bonds is 4. The third kappa shape index (κ3) is 2.48. The minimum atomic E-state index is -0.633. The Balaban J connectivity index is 1.74. The normalized spacial score (nSPS) is 21.3. The SMILES string of the molecule is CC1(C)C=C(C(=O)OCc2ccccc2[N+](=O)[O-])N2C(=O)C[C@@H]21. The Morgan fingerprint density at radius 1 is 1.43 bits per heavy atom. The maximum absolute atomic E-state index is 12.3. The van der Waals surface area contributed by atoms with E-state index < -0.39 is 10.9 Å². The van der Waals surface area contributed by atoms with Crippen molar-refractivity contribution in [3.8, 4) is 0 Å². The van der Waals surface area contributed by atoms with Crippen molar-refractivity contribution in [1.29, 1.82) is 0 Å². The molecule has 0 aliphatic carbocycles. The molecule has 0 spiro atoms. The average Bonchev–Trinajstić information content (AvgIpc) is 2.71. The van der Waals surface area contributed by atoms with Crippen LogP contribution in [0.2, 0.25) is 0 Å². The van der Waals surface area contributed by atoms with E-state index in [1.165, 1.54) is 17.0 Å². The molecule has 7 heteroatoms. The Labute approximate surface area is 132 Å². The summed E-state index contributed by atoms with van der Waals surface area (Å²) in [6, 6.07) is 6.08. The van der Waals surface area contributed by atoms with Gasteiger partial charge in [-0.2, -0.15) is 0 Å². The lowest BCUT2D eigenvalue weighted by Crippen LogP contribution is -2.54. The second kappa shape index (κ2) is 5.19. The second-order valence-corrected chi connectivity index (χ2v) is 6.30. The number of esters is 1. The van der Waals surface area contributed by atoms with Gasteiger partial charge in [-0.15, -0.1) is 0 Å². The molecule has 2 heterocycles. The van der Waals surface area contributed by atoms with Crippen LogP contribution in [0.4, 0.5) is 5.69 Å². The van der Waals surface area contributed by atoms with E-state index in [0.717, 1.165) is 0 Å². The van der Waals surface area contributed by atoms with Gasteiger partial charge in [-0.3, -0.25) is 14.9 Å². The van der Waals surface area contributed by atoms with Crippen molar-refractivity contribution >= 4 is 17.6 Å². The van der Waals surface area contributed by atoms with Crippen LogP contribution < -0.4 is 0 Å². The number of hydrogen-bond donors (Lipinski definition) is 0. The summed E-state index contributed by atoms with van der Waals surface area (Å²) < 4.78 is 5.19. The molecule has 1 fully saturated rings. The van der Waals surface area contributed by atoms with Crippen molar-refractivity contribution in [3.05, 3.63) is 51.7 Å². The zero-order valence-electron chi connectivity index (χ0n) is 12.8. The average molecular weight is 316 g/mol. The number of carbonyl (C=O) groups excluding carboxylic acids is 2. The van der Waals surface area contributed by atoms with Gasteiger partial charge in [0.25, 0.3) is 5.69 Å². The van der Waals surface area contributed by atoms with E-state index in [1.807, 2.05) is 13.8 Å². The predicted octanol–water partition coefficient (Wildman–Crippen LogP) is 2.16. The van der Waals surface area contributed by atoms with E-state index in [1.54, 1.807) is 18.2 Å². The molecule has 0 saturated carbocycles. The lowest BCUT2D eigenvalue weighted by molar-refractivity contribution is -0.385. The third-order valence-electron chi connectivity index (χ3n) is 4.33. The molecular formula is C16H16N2O5. The Morgan fingerprint density at radius 3 is 2.78 bits per heavy atom. The molecule has 120 valence electrons. The molecule has 2 aliphatic heterocycles. The Kier molecular flexibility index (Phi) is 3.43. The molecule has 1 saturated heterocycles. The minimum absolute atomic E-state index is 0.0105. The molecular weight excluding hydrogens is 300 g/mol. The summed E-state index contributed by atoms with van der Waals surface area (Å²) in [6.07, 6.45) is 2.16. The highest BCUT2D eigenvalue weighted by Crippen LogP contribution is 2.45. The number of amides is 1. The highest BCUT2D eigenvalue weighted by Gasteiger charge is 2.53. The first-order valence-electron chi connectivity index (χ1n) is 7.25. The van der Waals surface area contributed by atoms with Gasteiger partial charge < -0.3 is 9.64 Å². The fourth-order valence-corrected chi connectivity index (χ4v) is 3.02. The van der Waals surface area contributed by atoms with Crippen LogP contribution >= 0.6 is 0 Å². The molecule has 23 heavy (non-hydrogen) atoms. The van der Waals surface area contributed by atoms with E-state index in [9.17, 15) is 19.7 Å². The number of carbonyl (C=O) groups is 2. The molecule has 3 rings (SSSR count). The molecule has 0 aromatic heterocycles. The van der Waals surface area contributed by atoms with Crippen molar-refractivity contribution in [2.75, 3.05) is 0 Å². The lowest BCUT2D eigenvalue weighted by atomic mass is 9.81. The quantitative estimate of drug-likeness (QED) is 0.367. The van der Waals surface area contributed by atoms with Crippen LogP contribution in [0.3, 0.4) is 0 Å². The van der Waals surface area contributed by atoms with Gasteiger partial charge in [0, 0.05) is 17.9 Å². The predicted molar refractivity (Wildman–Crippen MR) is 80.0 cm³/mol. The molecule has 7 nitrogen and oxygen atoms in total. The molecule has 1 aromatic rings. The summed E-state index contributed by atoms with van der Waals surface area (Å²) >= 11 is 0. The lowest BCUT2D eigenvalue weighted by Gasteiger charge is -2.41. The van der Waals surface area contributed by atoms with E-state index in [2.05, 4.69) is 0 Å². The van der Waals surface area contributed by atoms with Crippen molar-refractivity contribution in [3.63, 3.8) is 0 Å². The first kappa shape index (κ1) is 15.2. The van der Waals surface area contributed by atoms with E-state index in [0.29, 0.717) is 12.0 Å². The molecule has 2 aliphatic rings. The number of ether oxygens (including phenoxy) is 1. The standard InChI is InChI=1S/C16H16N2O5/c1-16(2)8-12(17-13(16)7-14(17)19)15(20)23-9-10-5-3-4-6-11(10)18(21)22/h3-6,8,13H,7,9H2,1-2H3/t13-/m1/s1. The summed E-state index contributed by atoms with van der Waals surface area (Å²) in [5.74, 6) is -0.735. The Morgan fingerprint density at radius 2 is 2.13 bits per heavy atom. The Bertz CT molecular complexity index is 738. The second-order valence-electron chi connectivity index (χ2n) is 6.30. The third-order valence-corrected chi connectivity index (χ3v) is 4.33. The van der Waals surface area contributed by atoms with E-state index in [-0.39, 0.29) is 35.4 Å². The number of fused-ring (bicyclic) bond motifs is 1. The van der Waals surface area contributed by atoms with E-state index >= 15 is 0 Å². The fourth-order valence-electron chi connectivity index (χ4n) is 3.02. The molecule has 0 N–H and O–H groups in total. The van der Waals surface area contributed by atoms with Crippen molar-refractivity contribution in [2.45, 2.75) is 32.9 Å². The van der Waals surface area contributed by atoms with Gasteiger partial charge >= 0.3 is 5.97 Å². The highest BCUT2D eigenvalue weighted by atomic mass is 16.6. The van der Waals surface area contributed by atoms with Crippen molar-refractivity contribution in [2.24, 2.45) is 5.41 Å². The molecule has 0 unspecified atom stereocenters. The van der Waals surface area contributed by atoms with Gasteiger partial charge in [-0.25, -0.2) is 4.79 Å². The molecule has 1 atom stereocenters. The van der Waals surface area contributed by atoms with Gasteiger partial charge in [-0.1, -0.05) is 26.0 Å².